The van der Waals surface area contributed by atoms with Crippen LogP contribution >= 0.6 is 11.6 Å². The number of benzene rings is 3. The summed E-state index contributed by atoms with van der Waals surface area (Å²) in [6.07, 6.45) is -0.211. The Morgan fingerprint density at radius 2 is 1.70 bits per heavy atom. The Hall–Kier alpha value is -3.71. The molecule has 37 heavy (non-hydrogen) atoms. The number of para-hydroxylation sites is 2. The first-order chi connectivity index (χ1) is 17.6. The van der Waals surface area contributed by atoms with Crippen molar-refractivity contribution < 1.29 is 23.8 Å². The molecule has 0 bridgehead atoms. The molecule has 3 aromatic carbocycles. The highest BCUT2D eigenvalue weighted by atomic mass is 35.5. The molecule has 0 fully saturated rings. The third-order valence-corrected chi connectivity index (χ3v) is 6.16. The van der Waals surface area contributed by atoms with E-state index < -0.39 is 17.5 Å². The normalized spacial score (nSPS) is 17.0. The molecular weight excluding hydrogens is 492 g/mol. The molecule has 1 aliphatic heterocycles. The number of nitrogens with zero attached hydrogens (tertiary/aromatic N) is 1. The van der Waals surface area contributed by atoms with E-state index in [9.17, 15) is 9.59 Å². The second kappa shape index (κ2) is 10.7. The molecule has 1 heterocycles. The van der Waals surface area contributed by atoms with E-state index in [0.717, 1.165) is 11.1 Å². The van der Waals surface area contributed by atoms with Crippen LogP contribution in [0.5, 0.6) is 11.5 Å². The Morgan fingerprint density at radius 1 is 1.03 bits per heavy atom. The summed E-state index contributed by atoms with van der Waals surface area (Å²) in [6, 6.07) is 22.0. The van der Waals surface area contributed by atoms with Gasteiger partial charge in [-0.05, 0) is 62.2 Å². The molecule has 8 heteroatoms. The molecule has 0 spiro atoms. The molecule has 1 atom stereocenters. The van der Waals surface area contributed by atoms with Gasteiger partial charge < -0.3 is 19.5 Å². The lowest BCUT2D eigenvalue weighted by Gasteiger charge is -2.41. The van der Waals surface area contributed by atoms with Crippen LogP contribution in [0, 0.1) is 0 Å². The molecule has 4 rings (SSSR count). The zero-order chi connectivity index (χ0) is 26.6. The standard InChI is InChI=1S/C29H31ClN2O5/c1-5-29(35-22-16-14-20(15-17-22)18-31-27(34)37-28(2,3)4)26(33)32(19-21-10-6-7-11-23(21)30)24-12-8-9-13-25(24)36-29/h6-17H,5,18-19H2,1-4H3,(H,31,34). The Bertz CT molecular complexity index is 1270. The number of carbonyl (C=O) groups is 2. The van der Waals surface area contributed by atoms with Crippen molar-refractivity contribution in [1.82, 2.24) is 5.32 Å². The summed E-state index contributed by atoms with van der Waals surface area (Å²) < 4.78 is 17.7. The van der Waals surface area contributed by atoms with Crippen molar-refractivity contribution in [2.75, 3.05) is 4.90 Å². The average molecular weight is 523 g/mol. The van der Waals surface area contributed by atoms with Crippen molar-refractivity contribution >= 4 is 29.3 Å². The minimum atomic E-state index is -1.55. The second-order valence-corrected chi connectivity index (χ2v) is 10.2. The van der Waals surface area contributed by atoms with Crippen LogP contribution in [0.4, 0.5) is 10.5 Å². The van der Waals surface area contributed by atoms with Gasteiger partial charge in [0.25, 0.3) is 0 Å². The molecule has 1 unspecified atom stereocenters. The molecule has 0 saturated heterocycles. The minimum absolute atomic E-state index is 0.277. The van der Waals surface area contributed by atoms with E-state index in [0.29, 0.717) is 28.8 Å². The van der Waals surface area contributed by atoms with Crippen LogP contribution in [-0.4, -0.2) is 23.4 Å². The van der Waals surface area contributed by atoms with Gasteiger partial charge in [-0.15, -0.1) is 0 Å². The van der Waals surface area contributed by atoms with Crippen LogP contribution < -0.4 is 19.7 Å². The summed E-state index contributed by atoms with van der Waals surface area (Å²) in [7, 11) is 0. The predicted molar refractivity (Wildman–Crippen MR) is 143 cm³/mol. The highest BCUT2D eigenvalue weighted by Crippen LogP contribution is 2.41. The Kier molecular flexibility index (Phi) is 7.64. The largest absolute Gasteiger partial charge is 0.444 e. The highest BCUT2D eigenvalue weighted by Gasteiger charge is 2.50. The number of carbonyl (C=O) groups excluding carboxylic acids is 2. The Labute approximate surface area is 222 Å². The number of amides is 2. The fourth-order valence-electron chi connectivity index (χ4n) is 3.97. The van der Waals surface area contributed by atoms with Crippen LogP contribution in [0.3, 0.4) is 0 Å². The van der Waals surface area contributed by atoms with E-state index >= 15 is 0 Å². The summed E-state index contributed by atoms with van der Waals surface area (Å²) in [6.45, 7) is 7.85. The summed E-state index contributed by atoms with van der Waals surface area (Å²) in [4.78, 5) is 27.5. The molecule has 1 aliphatic rings. The van der Waals surface area contributed by atoms with Crippen LogP contribution in [0.25, 0.3) is 0 Å². The molecule has 7 nitrogen and oxygen atoms in total. The minimum Gasteiger partial charge on any atom is -0.444 e. The monoisotopic (exact) mass is 522 g/mol. The smallest absolute Gasteiger partial charge is 0.407 e. The number of ether oxygens (including phenoxy) is 3. The molecule has 0 aliphatic carbocycles. The number of hydrogen-bond donors (Lipinski definition) is 1. The topological polar surface area (TPSA) is 77.1 Å². The molecule has 0 aromatic heterocycles. The van der Waals surface area contributed by atoms with Crippen LogP contribution in [0.1, 0.15) is 45.2 Å². The third-order valence-electron chi connectivity index (χ3n) is 5.80. The Balaban J connectivity index is 1.54. The lowest BCUT2D eigenvalue weighted by molar-refractivity contribution is -0.167. The zero-order valence-electron chi connectivity index (χ0n) is 21.4. The van der Waals surface area contributed by atoms with E-state index in [1.165, 1.54) is 0 Å². The van der Waals surface area contributed by atoms with Gasteiger partial charge in [0.1, 0.15) is 17.1 Å². The molecular formula is C29H31ClN2O5. The van der Waals surface area contributed by atoms with E-state index in [1.54, 1.807) is 23.1 Å². The van der Waals surface area contributed by atoms with Gasteiger partial charge in [-0.25, -0.2) is 4.79 Å². The Morgan fingerprint density at radius 3 is 2.38 bits per heavy atom. The molecule has 3 aromatic rings. The quantitative estimate of drug-likeness (QED) is 0.384. The first kappa shape index (κ1) is 26.4. The molecule has 2 amide bonds. The van der Waals surface area contributed by atoms with E-state index in [2.05, 4.69) is 5.32 Å². The SMILES string of the molecule is CCC1(Oc2ccc(CNC(=O)OC(C)(C)C)cc2)Oc2ccccc2N(Cc2ccccc2Cl)C1=O. The van der Waals surface area contributed by atoms with Crippen molar-refractivity contribution in [3.8, 4) is 11.5 Å². The van der Waals surface area contributed by atoms with E-state index in [-0.39, 0.29) is 18.9 Å². The number of hydrogen-bond acceptors (Lipinski definition) is 5. The third kappa shape index (κ3) is 6.17. The summed E-state index contributed by atoms with van der Waals surface area (Å²) in [5.41, 5.74) is 1.76. The second-order valence-electron chi connectivity index (χ2n) is 9.76. The van der Waals surface area contributed by atoms with Gasteiger partial charge in [-0.3, -0.25) is 9.69 Å². The lowest BCUT2D eigenvalue weighted by atomic mass is 10.1. The molecule has 0 radical (unpaired) electrons. The number of halogens is 1. The average Bonchev–Trinajstić information content (AvgIpc) is 2.86. The summed E-state index contributed by atoms with van der Waals surface area (Å²) in [5, 5.41) is 3.31. The van der Waals surface area contributed by atoms with Gasteiger partial charge in [0, 0.05) is 18.0 Å². The number of rotatable bonds is 7. The zero-order valence-corrected chi connectivity index (χ0v) is 22.2. The lowest BCUT2D eigenvalue weighted by Crippen LogP contribution is -2.59. The van der Waals surface area contributed by atoms with Gasteiger partial charge >= 0.3 is 17.8 Å². The number of alkyl carbamates (subject to hydrolysis) is 1. The van der Waals surface area contributed by atoms with Gasteiger partial charge in [-0.2, -0.15) is 0 Å². The van der Waals surface area contributed by atoms with Crippen molar-refractivity contribution in [2.45, 2.75) is 58.6 Å². The van der Waals surface area contributed by atoms with Gasteiger partial charge in [-0.1, -0.05) is 61.0 Å². The molecule has 194 valence electrons. The van der Waals surface area contributed by atoms with Crippen molar-refractivity contribution in [3.63, 3.8) is 0 Å². The fraction of sp³-hybridized carbons (Fsp3) is 0.310. The van der Waals surface area contributed by atoms with Crippen LogP contribution in [0.15, 0.2) is 72.8 Å². The van der Waals surface area contributed by atoms with Gasteiger partial charge in [0.05, 0.1) is 12.2 Å². The fourth-order valence-corrected chi connectivity index (χ4v) is 4.17. The first-order valence-corrected chi connectivity index (χ1v) is 12.6. The molecule has 1 N–H and O–H groups in total. The number of anilines is 1. The first-order valence-electron chi connectivity index (χ1n) is 12.2. The van der Waals surface area contributed by atoms with E-state index in [1.807, 2.05) is 82.3 Å². The summed E-state index contributed by atoms with van der Waals surface area (Å²) >= 11 is 6.41. The maximum atomic E-state index is 13.9. The highest BCUT2D eigenvalue weighted by molar-refractivity contribution is 6.31. The van der Waals surface area contributed by atoms with E-state index in [4.69, 9.17) is 25.8 Å². The maximum Gasteiger partial charge on any atom is 0.407 e. The van der Waals surface area contributed by atoms with Crippen molar-refractivity contribution in [1.29, 1.82) is 0 Å². The summed E-state index contributed by atoms with van der Waals surface area (Å²) in [5.74, 6) is -0.849. The van der Waals surface area contributed by atoms with Gasteiger partial charge in [0.15, 0.2) is 0 Å². The number of nitrogens with one attached hydrogen (secondary N) is 1. The number of fused-ring (bicyclic) bond motifs is 1. The molecule has 0 saturated carbocycles. The van der Waals surface area contributed by atoms with Crippen molar-refractivity contribution in [2.24, 2.45) is 0 Å². The maximum absolute atomic E-state index is 13.9. The van der Waals surface area contributed by atoms with Crippen LogP contribution in [0.2, 0.25) is 5.02 Å². The predicted octanol–water partition coefficient (Wildman–Crippen LogP) is 6.48. The van der Waals surface area contributed by atoms with Gasteiger partial charge in [0.2, 0.25) is 0 Å². The van der Waals surface area contributed by atoms with Crippen molar-refractivity contribution in [3.05, 3.63) is 88.9 Å². The van der Waals surface area contributed by atoms with Crippen LogP contribution in [-0.2, 0) is 22.6 Å².